The number of nitrogens with two attached hydrogens (primary N) is 1. The van der Waals surface area contributed by atoms with Crippen LogP contribution in [0.1, 0.15) is 65.4 Å². The van der Waals surface area contributed by atoms with Crippen molar-refractivity contribution in [3.63, 3.8) is 0 Å². The summed E-state index contributed by atoms with van der Waals surface area (Å²) in [5, 5.41) is 11.0. The van der Waals surface area contributed by atoms with Crippen molar-refractivity contribution in [2.45, 2.75) is 84.7 Å². The fourth-order valence-corrected chi connectivity index (χ4v) is 4.98. The van der Waals surface area contributed by atoms with Crippen molar-refractivity contribution in [3.8, 4) is 11.5 Å². The molecule has 218 valence electrons. The van der Waals surface area contributed by atoms with E-state index >= 15 is 0 Å². The van der Waals surface area contributed by atoms with Crippen molar-refractivity contribution in [1.82, 2.24) is 0 Å². The van der Waals surface area contributed by atoms with Gasteiger partial charge in [-0.05, 0) is 54.7 Å². The Kier molecular flexibility index (Phi) is 14.6. The number of ether oxygens (including phenoxy) is 5. The van der Waals surface area contributed by atoms with Gasteiger partial charge in [-0.15, -0.1) is 0 Å². The highest BCUT2D eigenvalue weighted by molar-refractivity contribution is 5.81. The molecule has 38 heavy (non-hydrogen) atoms. The van der Waals surface area contributed by atoms with E-state index < -0.39 is 12.1 Å². The van der Waals surface area contributed by atoms with Gasteiger partial charge in [-0.1, -0.05) is 33.8 Å². The standard InChI is InChI=1S/C30H51NO7/c1-20(2)23(16-22-8-10-28(35-6)29(17-22)36-13-7-12-34-5)18-25(31)27(33)19-24(21(3)4)26(32)9-11-30-37-14-15-38-30/h8,10,17,20-21,23-25,27,30,33H,7,9,11-16,18-19,31H2,1-6H3/t23-,24-,25-,27-/m0/s1. The van der Waals surface area contributed by atoms with E-state index in [2.05, 4.69) is 19.9 Å². The SMILES string of the molecule is COCCCOc1cc(C[C@@H](C[C@H](N)[C@@H](O)C[C@H](C(=O)CCC2OCCO2)C(C)C)C(C)C)ccc1OC. The Bertz CT molecular complexity index is 810. The Morgan fingerprint density at radius 3 is 2.37 bits per heavy atom. The highest BCUT2D eigenvalue weighted by atomic mass is 16.7. The van der Waals surface area contributed by atoms with Crippen molar-refractivity contribution in [2.24, 2.45) is 29.4 Å². The van der Waals surface area contributed by atoms with E-state index in [1.165, 1.54) is 0 Å². The second-order valence-electron chi connectivity index (χ2n) is 11.1. The molecule has 8 heteroatoms. The minimum absolute atomic E-state index is 0.122. The number of aliphatic hydroxyl groups excluding tert-OH is 1. The predicted octanol–water partition coefficient (Wildman–Crippen LogP) is 4.39. The van der Waals surface area contributed by atoms with Gasteiger partial charge >= 0.3 is 0 Å². The summed E-state index contributed by atoms with van der Waals surface area (Å²) in [5.41, 5.74) is 7.68. The van der Waals surface area contributed by atoms with Crippen LogP contribution in [0.4, 0.5) is 0 Å². The van der Waals surface area contributed by atoms with Crippen molar-refractivity contribution in [2.75, 3.05) is 40.6 Å². The summed E-state index contributed by atoms with van der Waals surface area (Å²) in [7, 11) is 3.32. The van der Waals surface area contributed by atoms with Crippen LogP contribution in [-0.2, 0) is 25.4 Å². The number of methoxy groups -OCH3 is 2. The molecule has 1 fully saturated rings. The van der Waals surface area contributed by atoms with Crippen LogP contribution >= 0.6 is 0 Å². The fourth-order valence-electron chi connectivity index (χ4n) is 4.98. The summed E-state index contributed by atoms with van der Waals surface area (Å²) in [5.74, 6) is 2.08. The highest BCUT2D eigenvalue weighted by Gasteiger charge is 2.30. The van der Waals surface area contributed by atoms with Crippen molar-refractivity contribution >= 4 is 5.78 Å². The Labute approximate surface area is 229 Å². The van der Waals surface area contributed by atoms with Crippen LogP contribution in [0, 0.1) is 23.7 Å². The molecule has 0 saturated carbocycles. The molecule has 3 N–H and O–H groups in total. The molecule has 1 aliphatic rings. The van der Waals surface area contributed by atoms with Crippen molar-refractivity contribution in [3.05, 3.63) is 23.8 Å². The molecule has 0 bridgehead atoms. The molecular weight excluding hydrogens is 486 g/mol. The van der Waals surface area contributed by atoms with Crippen molar-refractivity contribution < 1.29 is 33.6 Å². The quantitative estimate of drug-likeness (QED) is 0.250. The number of hydrogen-bond donors (Lipinski definition) is 2. The van der Waals surface area contributed by atoms with Gasteiger partial charge < -0.3 is 34.5 Å². The summed E-state index contributed by atoms with van der Waals surface area (Å²) in [6, 6.07) is 5.62. The van der Waals surface area contributed by atoms with Crippen molar-refractivity contribution in [1.29, 1.82) is 0 Å². The maximum absolute atomic E-state index is 13.0. The molecule has 0 aliphatic carbocycles. The highest BCUT2D eigenvalue weighted by Crippen LogP contribution is 2.32. The smallest absolute Gasteiger partial charge is 0.161 e. The first-order valence-electron chi connectivity index (χ1n) is 14.1. The minimum Gasteiger partial charge on any atom is -0.493 e. The van der Waals surface area contributed by atoms with Gasteiger partial charge in [-0.3, -0.25) is 4.79 Å². The number of Topliss-reactive ketones (excluding diaryl/α,β-unsaturated/α-hetero) is 1. The number of ketones is 1. The lowest BCUT2D eigenvalue weighted by Gasteiger charge is -2.30. The lowest BCUT2D eigenvalue weighted by Crippen LogP contribution is -2.40. The van der Waals surface area contributed by atoms with Gasteiger partial charge in [0.25, 0.3) is 0 Å². The number of aliphatic hydroxyl groups is 1. The number of carbonyl (C=O) groups is 1. The Morgan fingerprint density at radius 1 is 1.05 bits per heavy atom. The van der Waals surface area contributed by atoms with Gasteiger partial charge in [0.1, 0.15) is 5.78 Å². The third kappa shape index (κ3) is 10.8. The Hall–Kier alpha value is -1.71. The van der Waals surface area contributed by atoms with Gasteiger partial charge in [0.05, 0.1) is 33.0 Å². The molecule has 0 aromatic heterocycles. The zero-order valence-electron chi connectivity index (χ0n) is 24.3. The first-order valence-corrected chi connectivity index (χ1v) is 14.1. The maximum atomic E-state index is 13.0. The molecule has 8 nitrogen and oxygen atoms in total. The summed E-state index contributed by atoms with van der Waals surface area (Å²) >= 11 is 0. The minimum atomic E-state index is -0.748. The van der Waals surface area contributed by atoms with E-state index in [0.717, 1.165) is 24.2 Å². The Morgan fingerprint density at radius 2 is 1.76 bits per heavy atom. The molecule has 0 radical (unpaired) electrons. The fraction of sp³-hybridized carbons (Fsp3) is 0.767. The first-order chi connectivity index (χ1) is 18.2. The second-order valence-corrected chi connectivity index (χ2v) is 11.1. The van der Waals surface area contributed by atoms with Crippen LogP contribution in [0.5, 0.6) is 11.5 Å². The molecule has 1 aliphatic heterocycles. The molecule has 1 aromatic carbocycles. The molecule has 0 unspecified atom stereocenters. The molecule has 1 aromatic rings. The largest absolute Gasteiger partial charge is 0.493 e. The van der Waals surface area contributed by atoms with E-state index in [0.29, 0.717) is 63.8 Å². The summed E-state index contributed by atoms with van der Waals surface area (Å²) < 4.78 is 27.5. The summed E-state index contributed by atoms with van der Waals surface area (Å²) in [4.78, 5) is 13.0. The van der Waals surface area contributed by atoms with Gasteiger partial charge in [-0.25, -0.2) is 0 Å². The maximum Gasteiger partial charge on any atom is 0.161 e. The third-order valence-corrected chi connectivity index (χ3v) is 7.52. The molecule has 0 spiro atoms. The van der Waals surface area contributed by atoms with Crippen LogP contribution in [0.2, 0.25) is 0 Å². The number of rotatable bonds is 19. The van der Waals surface area contributed by atoms with E-state index in [-0.39, 0.29) is 29.8 Å². The Balaban J connectivity index is 1.97. The predicted molar refractivity (Wildman–Crippen MR) is 148 cm³/mol. The number of hydrogen-bond acceptors (Lipinski definition) is 8. The van der Waals surface area contributed by atoms with Gasteiger partial charge in [0.15, 0.2) is 17.8 Å². The molecule has 0 amide bonds. The van der Waals surface area contributed by atoms with Crippen LogP contribution in [-0.4, -0.2) is 70.0 Å². The van der Waals surface area contributed by atoms with E-state index in [9.17, 15) is 9.90 Å². The summed E-state index contributed by atoms with van der Waals surface area (Å²) in [6.45, 7) is 10.8. The van der Waals surface area contributed by atoms with Gasteiger partial charge in [0, 0.05) is 44.9 Å². The zero-order valence-corrected chi connectivity index (χ0v) is 24.3. The average molecular weight is 538 g/mol. The first kappa shape index (κ1) is 32.5. The van der Waals surface area contributed by atoms with Crippen LogP contribution < -0.4 is 15.2 Å². The van der Waals surface area contributed by atoms with Crippen LogP contribution in [0.3, 0.4) is 0 Å². The van der Waals surface area contributed by atoms with Crippen LogP contribution in [0.15, 0.2) is 18.2 Å². The average Bonchev–Trinajstić information content (AvgIpc) is 3.41. The lowest BCUT2D eigenvalue weighted by atomic mass is 9.79. The lowest BCUT2D eigenvalue weighted by molar-refractivity contribution is -0.127. The topological polar surface area (TPSA) is 109 Å². The number of carbonyl (C=O) groups excluding carboxylic acids is 1. The summed E-state index contributed by atoms with van der Waals surface area (Å²) in [6.07, 6.45) is 2.55. The van der Waals surface area contributed by atoms with E-state index in [1.807, 2.05) is 26.0 Å². The van der Waals surface area contributed by atoms with Gasteiger partial charge in [0.2, 0.25) is 0 Å². The van der Waals surface area contributed by atoms with E-state index in [4.69, 9.17) is 29.4 Å². The van der Waals surface area contributed by atoms with E-state index in [1.54, 1.807) is 14.2 Å². The van der Waals surface area contributed by atoms with Gasteiger partial charge in [-0.2, -0.15) is 0 Å². The number of benzene rings is 1. The molecule has 4 atom stereocenters. The second kappa shape index (κ2) is 17.1. The molecular formula is C30H51NO7. The normalized spacial score (nSPS) is 17.5. The zero-order chi connectivity index (χ0) is 28.1. The monoisotopic (exact) mass is 537 g/mol. The third-order valence-electron chi connectivity index (χ3n) is 7.52. The molecule has 1 saturated heterocycles. The van der Waals surface area contributed by atoms with Crippen LogP contribution in [0.25, 0.3) is 0 Å². The molecule has 1 heterocycles. The molecule has 2 rings (SSSR count).